The lowest BCUT2D eigenvalue weighted by Gasteiger charge is -2.25. The van der Waals surface area contributed by atoms with Crippen LogP contribution in [0.1, 0.15) is 28.5 Å². The molecule has 0 amide bonds. The third-order valence-electron chi connectivity index (χ3n) is 3.99. The summed E-state index contributed by atoms with van der Waals surface area (Å²) in [7, 11) is 1.66. The molecule has 0 aliphatic carbocycles. The number of ether oxygens (including phenoxy) is 2. The molecule has 0 fully saturated rings. The number of benzene rings is 1. The lowest BCUT2D eigenvalue weighted by Crippen LogP contribution is -2.23. The summed E-state index contributed by atoms with van der Waals surface area (Å²) >= 11 is 0. The molecule has 114 valence electrons. The summed E-state index contributed by atoms with van der Waals surface area (Å²) in [6.07, 6.45) is 3.47. The smallest absolute Gasteiger partial charge is 0.161 e. The van der Waals surface area contributed by atoms with Crippen LogP contribution in [-0.4, -0.2) is 24.5 Å². The highest BCUT2D eigenvalue weighted by Crippen LogP contribution is 2.31. The van der Waals surface area contributed by atoms with E-state index in [-0.39, 0.29) is 5.78 Å². The fourth-order valence-corrected chi connectivity index (χ4v) is 2.72. The fraction of sp³-hybridized carbons (Fsp3) is 0.333. The molecule has 0 radical (unpaired) electrons. The molecule has 0 saturated heterocycles. The molecule has 1 aromatic heterocycles. The van der Waals surface area contributed by atoms with Crippen molar-refractivity contribution in [1.82, 2.24) is 4.98 Å². The van der Waals surface area contributed by atoms with Gasteiger partial charge in [-0.1, -0.05) is 6.07 Å². The van der Waals surface area contributed by atoms with Gasteiger partial charge in [-0.05, 0) is 43.5 Å². The molecule has 1 atom stereocenters. The molecular formula is C18H19NO3. The van der Waals surface area contributed by atoms with E-state index >= 15 is 0 Å². The number of carbonyl (C=O) groups excluding carboxylic acids is 1. The summed E-state index contributed by atoms with van der Waals surface area (Å²) < 4.78 is 11.1. The number of pyridine rings is 1. The van der Waals surface area contributed by atoms with Crippen LogP contribution in [0.3, 0.4) is 0 Å². The molecule has 1 aliphatic heterocycles. The van der Waals surface area contributed by atoms with Crippen LogP contribution in [-0.2, 0) is 12.8 Å². The second kappa shape index (κ2) is 6.18. The third kappa shape index (κ3) is 3.11. The van der Waals surface area contributed by atoms with Gasteiger partial charge in [0, 0.05) is 29.4 Å². The summed E-state index contributed by atoms with van der Waals surface area (Å²) in [5, 5.41) is 0. The van der Waals surface area contributed by atoms with Crippen molar-refractivity contribution < 1.29 is 14.3 Å². The second-order valence-electron chi connectivity index (χ2n) is 5.65. The van der Waals surface area contributed by atoms with E-state index in [0.29, 0.717) is 18.1 Å². The lowest BCUT2D eigenvalue weighted by atomic mass is 9.92. The standard InChI is InChI=1S/C18H19NO3/c1-12(20)15-3-5-16(19-10-15)8-13-7-14-4-6-17(21-2)9-18(14)22-11-13/h3-6,9-10,13H,7-8,11H2,1-2H3/t13-/m1/s1. The number of fused-ring (bicyclic) bond motifs is 1. The van der Waals surface area contributed by atoms with E-state index in [2.05, 4.69) is 11.1 Å². The van der Waals surface area contributed by atoms with Gasteiger partial charge in [-0.2, -0.15) is 0 Å². The maximum absolute atomic E-state index is 11.3. The van der Waals surface area contributed by atoms with Gasteiger partial charge in [-0.3, -0.25) is 9.78 Å². The molecule has 0 bridgehead atoms. The fourth-order valence-electron chi connectivity index (χ4n) is 2.72. The van der Waals surface area contributed by atoms with E-state index in [1.165, 1.54) is 5.56 Å². The van der Waals surface area contributed by atoms with Crippen molar-refractivity contribution in [3.05, 3.63) is 53.3 Å². The molecule has 22 heavy (non-hydrogen) atoms. The van der Waals surface area contributed by atoms with Crippen LogP contribution in [0.25, 0.3) is 0 Å². The minimum atomic E-state index is 0.0444. The van der Waals surface area contributed by atoms with Crippen LogP contribution < -0.4 is 9.47 Å². The van der Waals surface area contributed by atoms with Gasteiger partial charge < -0.3 is 9.47 Å². The normalized spacial score (nSPS) is 16.5. The van der Waals surface area contributed by atoms with Crippen molar-refractivity contribution >= 4 is 5.78 Å². The zero-order valence-corrected chi connectivity index (χ0v) is 12.8. The second-order valence-corrected chi connectivity index (χ2v) is 5.65. The predicted octanol–water partition coefficient (Wildman–Crippen LogP) is 3.09. The van der Waals surface area contributed by atoms with Gasteiger partial charge in [-0.15, -0.1) is 0 Å². The van der Waals surface area contributed by atoms with Crippen LogP contribution >= 0.6 is 0 Å². The van der Waals surface area contributed by atoms with Crippen LogP contribution in [0.2, 0.25) is 0 Å². The summed E-state index contributed by atoms with van der Waals surface area (Å²) in [6.45, 7) is 2.23. The molecule has 3 rings (SSSR count). The number of hydrogen-bond donors (Lipinski definition) is 0. The highest BCUT2D eigenvalue weighted by molar-refractivity contribution is 5.93. The maximum atomic E-state index is 11.3. The monoisotopic (exact) mass is 297 g/mol. The molecule has 2 aromatic rings. The third-order valence-corrected chi connectivity index (χ3v) is 3.99. The topological polar surface area (TPSA) is 48.4 Å². The number of carbonyl (C=O) groups is 1. The lowest BCUT2D eigenvalue weighted by molar-refractivity contribution is 0.101. The Kier molecular flexibility index (Phi) is 4.09. The molecule has 0 unspecified atom stereocenters. The van der Waals surface area contributed by atoms with Gasteiger partial charge in [0.2, 0.25) is 0 Å². The van der Waals surface area contributed by atoms with E-state index in [9.17, 15) is 4.79 Å². The highest BCUT2D eigenvalue weighted by Gasteiger charge is 2.21. The van der Waals surface area contributed by atoms with Gasteiger partial charge in [0.1, 0.15) is 11.5 Å². The largest absolute Gasteiger partial charge is 0.497 e. The first-order valence-electron chi connectivity index (χ1n) is 7.41. The predicted molar refractivity (Wildman–Crippen MR) is 83.6 cm³/mol. The maximum Gasteiger partial charge on any atom is 0.161 e. The molecule has 0 saturated carbocycles. The van der Waals surface area contributed by atoms with E-state index in [0.717, 1.165) is 30.0 Å². The van der Waals surface area contributed by atoms with Crippen LogP contribution in [0, 0.1) is 5.92 Å². The van der Waals surface area contributed by atoms with Crippen molar-refractivity contribution in [3.8, 4) is 11.5 Å². The van der Waals surface area contributed by atoms with Crippen molar-refractivity contribution in [2.24, 2.45) is 5.92 Å². The van der Waals surface area contributed by atoms with Crippen molar-refractivity contribution in [1.29, 1.82) is 0 Å². The minimum absolute atomic E-state index is 0.0444. The first-order chi connectivity index (χ1) is 10.7. The number of Topliss-reactive ketones (excluding diaryl/α,β-unsaturated/α-hetero) is 1. The molecule has 2 heterocycles. The molecule has 0 N–H and O–H groups in total. The van der Waals surface area contributed by atoms with E-state index in [1.54, 1.807) is 20.2 Å². The van der Waals surface area contributed by atoms with E-state index < -0.39 is 0 Å². The molecule has 0 spiro atoms. The zero-order chi connectivity index (χ0) is 15.5. The number of methoxy groups -OCH3 is 1. The first-order valence-corrected chi connectivity index (χ1v) is 7.41. The quantitative estimate of drug-likeness (QED) is 0.814. The number of hydrogen-bond acceptors (Lipinski definition) is 4. The van der Waals surface area contributed by atoms with E-state index in [1.807, 2.05) is 24.3 Å². The Morgan fingerprint density at radius 3 is 2.91 bits per heavy atom. The van der Waals surface area contributed by atoms with Crippen LogP contribution in [0.4, 0.5) is 0 Å². The SMILES string of the molecule is COc1ccc2c(c1)OC[C@@H](Cc1ccc(C(C)=O)cn1)C2. The molecule has 4 heteroatoms. The Hall–Kier alpha value is -2.36. The Morgan fingerprint density at radius 2 is 2.23 bits per heavy atom. The van der Waals surface area contributed by atoms with Gasteiger partial charge in [0.15, 0.2) is 5.78 Å². The Balaban J connectivity index is 1.68. The van der Waals surface area contributed by atoms with Crippen LogP contribution in [0.15, 0.2) is 36.5 Å². The minimum Gasteiger partial charge on any atom is -0.497 e. The number of nitrogens with zero attached hydrogens (tertiary/aromatic N) is 1. The number of rotatable bonds is 4. The van der Waals surface area contributed by atoms with Gasteiger partial charge in [0.05, 0.1) is 13.7 Å². The van der Waals surface area contributed by atoms with Crippen LogP contribution in [0.5, 0.6) is 11.5 Å². The Bertz CT molecular complexity index is 679. The molecular weight excluding hydrogens is 278 g/mol. The van der Waals surface area contributed by atoms with E-state index in [4.69, 9.17) is 9.47 Å². The van der Waals surface area contributed by atoms with Crippen molar-refractivity contribution in [3.63, 3.8) is 0 Å². The zero-order valence-electron chi connectivity index (χ0n) is 12.8. The Morgan fingerprint density at radius 1 is 1.36 bits per heavy atom. The Labute approximate surface area is 130 Å². The van der Waals surface area contributed by atoms with Gasteiger partial charge in [0.25, 0.3) is 0 Å². The number of aromatic nitrogens is 1. The highest BCUT2D eigenvalue weighted by atomic mass is 16.5. The molecule has 1 aromatic carbocycles. The number of ketones is 1. The summed E-state index contributed by atoms with van der Waals surface area (Å²) in [5.74, 6) is 2.17. The van der Waals surface area contributed by atoms with Gasteiger partial charge in [-0.25, -0.2) is 0 Å². The summed E-state index contributed by atoms with van der Waals surface area (Å²) in [5.41, 5.74) is 2.86. The average molecular weight is 297 g/mol. The van der Waals surface area contributed by atoms with Gasteiger partial charge >= 0.3 is 0 Å². The summed E-state index contributed by atoms with van der Waals surface area (Å²) in [6, 6.07) is 9.73. The average Bonchev–Trinajstić information content (AvgIpc) is 2.55. The molecule has 4 nitrogen and oxygen atoms in total. The first kappa shape index (κ1) is 14.6. The molecule has 1 aliphatic rings. The van der Waals surface area contributed by atoms with Crippen molar-refractivity contribution in [2.45, 2.75) is 19.8 Å². The van der Waals surface area contributed by atoms with Crippen molar-refractivity contribution in [2.75, 3.05) is 13.7 Å². The summed E-state index contributed by atoms with van der Waals surface area (Å²) in [4.78, 5) is 15.6.